The van der Waals surface area contributed by atoms with Gasteiger partial charge in [0.25, 0.3) is 6.79 Å². The Labute approximate surface area is 65.7 Å². The summed E-state index contributed by atoms with van der Waals surface area (Å²) in [5.41, 5.74) is 0. The van der Waals surface area contributed by atoms with E-state index in [1.54, 1.807) is 6.07 Å². The Hall–Kier alpha value is -1.08. The summed E-state index contributed by atoms with van der Waals surface area (Å²) < 4.78 is 8.92. The highest BCUT2D eigenvalue weighted by atomic mass is 16.7. The number of esters is 1. The third-order valence-corrected chi connectivity index (χ3v) is 0.850. The number of ether oxygens (including phenoxy) is 2. The van der Waals surface area contributed by atoms with Crippen molar-refractivity contribution in [1.29, 1.82) is 5.26 Å². The fourth-order valence-electron chi connectivity index (χ4n) is 0.422. The third kappa shape index (κ3) is 6.81. The van der Waals surface area contributed by atoms with Crippen LogP contribution in [0.4, 0.5) is 0 Å². The van der Waals surface area contributed by atoms with Gasteiger partial charge in [0.15, 0.2) is 0 Å². The zero-order chi connectivity index (χ0) is 8.53. The third-order valence-electron chi connectivity index (χ3n) is 0.850. The summed E-state index contributed by atoms with van der Waals surface area (Å²) in [5, 5.41) is 8.00. The minimum absolute atomic E-state index is 0.0978. The van der Waals surface area contributed by atoms with E-state index in [2.05, 4.69) is 9.47 Å². The van der Waals surface area contributed by atoms with E-state index in [1.807, 2.05) is 6.92 Å². The van der Waals surface area contributed by atoms with Gasteiger partial charge in [0.1, 0.15) is 6.61 Å². The molecule has 0 rings (SSSR count). The van der Waals surface area contributed by atoms with Crippen molar-refractivity contribution in [3.63, 3.8) is 0 Å². The van der Waals surface area contributed by atoms with Crippen LogP contribution in [0.2, 0.25) is 0 Å². The van der Waals surface area contributed by atoms with Crippen LogP contribution in [-0.4, -0.2) is 12.6 Å². The number of rotatable bonds is 5. The van der Waals surface area contributed by atoms with Gasteiger partial charge in [0, 0.05) is 6.42 Å². The molecule has 0 aliphatic heterocycles. The van der Waals surface area contributed by atoms with Crippen LogP contribution in [-0.2, 0) is 14.3 Å². The molecule has 0 amide bonds. The van der Waals surface area contributed by atoms with Gasteiger partial charge in [0.2, 0.25) is 0 Å². The van der Waals surface area contributed by atoms with Crippen molar-refractivity contribution in [2.75, 3.05) is 6.61 Å². The standard InChI is InChI=1S/C7H10NO3/c1-2-3-7(9)11-6-10-5-4-8/h6H,2-3,5H2,1H3. The number of carbonyl (C=O) groups excluding carboxylic acids is 1. The first-order chi connectivity index (χ1) is 5.31. The summed E-state index contributed by atoms with van der Waals surface area (Å²) in [4.78, 5) is 10.6. The maximum atomic E-state index is 10.6. The molecular weight excluding hydrogens is 146 g/mol. The summed E-state index contributed by atoms with van der Waals surface area (Å²) in [5.74, 6) is -0.342. The summed E-state index contributed by atoms with van der Waals surface area (Å²) in [6.45, 7) is 2.66. The summed E-state index contributed by atoms with van der Waals surface area (Å²) in [6.07, 6.45) is 1.11. The first kappa shape index (κ1) is 9.92. The molecule has 0 aliphatic rings. The first-order valence-corrected chi connectivity index (χ1v) is 3.31. The van der Waals surface area contributed by atoms with Crippen LogP contribution in [0.5, 0.6) is 0 Å². The van der Waals surface area contributed by atoms with Crippen LogP contribution < -0.4 is 0 Å². The van der Waals surface area contributed by atoms with Crippen molar-refractivity contribution in [1.82, 2.24) is 0 Å². The van der Waals surface area contributed by atoms with Crippen molar-refractivity contribution >= 4 is 5.97 Å². The van der Waals surface area contributed by atoms with E-state index < -0.39 is 0 Å². The van der Waals surface area contributed by atoms with Gasteiger partial charge in [-0.3, -0.25) is 4.79 Å². The van der Waals surface area contributed by atoms with E-state index in [0.29, 0.717) is 6.42 Å². The zero-order valence-corrected chi connectivity index (χ0v) is 6.37. The molecule has 4 heteroatoms. The smallest absolute Gasteiger partial charge is 0.308 e. The van der Waals surface area contributed by atoms with Crippen LogP contribution >= 0.6 is 0 Å². The van der Waals surface area contributed by atoms with Crippen molar-refractivity contribution in [3.05, 3.63) is 6.79 Å². The molecule has 0 heterocycles. The molecule has 0 atom stereocenters. The van der Waals surface area contributed by atoms with Gasteiger partial charge in [0.05, 0.1) is 6.07 Å². The fourth-order valence-corrected chi connectivity index (χ4v) is 0.422. The molecule has 0 saturated carbocycles. The molecule has 0 aliphatic carbocycles. The second kappa shape index (κ2) is 7.03. The second-order valence-electron chi connectivity index (χ2n) is 1.81. The van der Waals surface area contributed by atoms with E-state index in [-0.39, 0.29) is 12.6 Å². The molecule has 0 saturated heterocycles. The minimum Gasteiger partial charge on any atom is -0.429 e. The average molecular weight is 156 g/mol. The summed E-state index contributed by atoms with van der Waals surface area (Å²) >= 11 is 0. The lowest BCUT2D eigenvalue weighted by Crippen LogP contribution is -2.03. The molecule has 11 heavy (non-hydrogen) atoms. The molecular formula is C7H10NO3. The van der Waals surface area contributed by atoms with E-state index >= 15 is 0 Å². The highest BCUT2D eigenvalue weighted by molar-refractivity contribution is 5.69. The van der Waals surface area contributed by atoms with Gasteiger partial charge in [-0.1, -0.05) is 6.92 Å². The number of hydrogen-bond donors (Lipinski definition) is 0. The summed E-state index contributed by atoms with van der Waals surface area (Å²) in [7, 11) is 0. The average Bonchev–Trinajstić information content (AvgIpc) is 1.99. The van der Waals surface area contributed by atoms with Crippen LogP contribution in [0, 0.1) is 18.1 Å². The molecule has 0 unspecified atom stereocenters. The molecule has 0 spiro atoms. The molecule has 0 N–H and O–H groups in total. The summed E-state index contributed by atoms with van der Waals surface area (Å²) in [6, 6.07) is 1.73. The van der Waals surface area contributed by atoms with Gasteiger partial charge in [-0.15, -0.1) is 0 Å². The SMILES string of the molecule is CCCC(=O)O[CH]OCC#N. The van der Waals surface area contributed by atoms with Gasteiger partial charge in [-0.2, -0.15) is 5.26 Å². The Bertz CT molecular complexity index is 150. The molecule has 1 radical (unpaired) electrons. The molecule has 0 bridgehead atoms. The van der Waals surface area contributed by atoms with Crippen LogP contribution in [0.25, 0.3) is 0 Å². The highest BCUT2D eigenvalue weighted by Crippen LogP contribution is 1.93. The van der Waals surface area contributed by atoms with Crippen molar-refractivity contribution < 1.29 is 14.3 Å². The Kier molecular flexibility index (Phi) is 6.34. The number of nitrogens with zero attached hydrogens (tertiary/aromatic N) is 1. The van der Waals surface area contributed by atoms with Gasteiger partial charge in [-0.05, 0) is 6.42 Å². The molecule has 0 aromatic carbocycles. The predicted octanol–water partition coefficient (Wildman–Crippen LogP) is 0.989. The Morgan fingerprint density at radius 2 is 2.45 bits per heavy atom. The van der Waals surface area contributed by atoms with E-state index in [0.717, 1.165) is 13.2 Å². The number of carbonyl (C=O) groups is 1. The Balaban J connectivity index is 3.12. The normalized spacial score (nSPS) is 8.73. The first-order valence-electron chi connectivity index (χ1n) is 3.31. The minimum atomic E-state index is -0.342. The quantitative estimate of drug-likeness (QED) is 0.440. The maximum absolute atomic E-state index is 10.6. The van der Waals surface area contributed by atoms with Gasteiger partial charge in [-0.25, -0.2) is 0 Å². The van der Waals surface area contributed by atoms with Crippen LogP contribution in [0.1, 0.15) is 19.8 Å². The Morgan fingerprint density at radius 3 is 3.00 bits per heavy atom. The second-order valence-corrected chi connectivity index (χ2v) is 1.81. The number of hydrogen-bond acceptors (Lipinski definition) is 4. The predicted molar refractivity (Wildman–Crippen MR) is 36.9 cm³/mol. The number of nitriles is 1. The Morgan fingerprint density at radius 1 is 1.73 bits per heavy atom. The molecule has 0 fully saturated rings. The largest absolute Gasteiger partial charge is 0.429 e. The lowest BCUT2D eigenvalue weighted by molar-refractivity contribution is -0.146. The van der Waals surface area contributed by atoms with E-state index in [4.69, 9.17) is 5.26 Å². The highest BCUT2D eigenvalue weighted by Gasteiger charge is 1.99. The van der Waals surface area contributed by atoms with Gasteiger partial charge >= 0.3 is 5.97 Å². The lowest BCUT2D eigenvalue weighted by atomic mass is 10.3. The van der Waals surface area contributed by atoms with Crippen molar-refractivity contribution in [3.8, 4) is 6.07 Å². The maximum Gasteiger partial charge on any atom is 0.308 e. The monoisotopic (exact) mass is 156 g/mol. The van der Waals surface area contributed by atoms with E-state index in [1.165, 1.54) is 0 Å². The van der Waals surface area contributed by atoms with Gasteiger partial charge < -0.3 is 9.47 Å². The van der Waals surface area contributed by atoms with Crippen molar-refractivity contribution in [2.24, 2.45) is 0 Å². The zero-order valence-electron chi connectivity index (χ0n) is 6.37. The molecule has 4 nitrogen and oxygen atoms in total. The van der Waals surface area contributed by atoms with Crippen LogP contribution in [0.15, 0.2) is 0 Å². The molecule has 61 valence electrons. The van der Waals surface area contributed by atoms with E-state index in [9.17, 15) is 4.79 Å². The molecule has 0 aromatic rings. The molecule has 0 aromatic heterocycles. The topological polar surface area (TPSA) is 59.3 Å². The fraction of sp³-hybridized carbons (Fsp3) is 0.571. The van der Waals surface area contributed by atoms with Crippen LogP contribution in [0.3, 0.4) is 0 Å². The van der Waals surface area contributed by atoms with Crippen molar-refractivity contribution in [2.45, 2.75) is 19.8 Å². The lowest BCUT2D eigenvalue weighted by Gasteiger charge is -1.99.